The van der Waals surface area contributed by atoms with E-state index in [0.717, 1.165) is 58.1 Å². The van der Waals surface area contributed by atoms with E-state index in [9.17, 15) is 4.79 Å². The summed E-state index contributed by atoms with van der Waals surface area (Å²) in [7, 11) is 1.71. The van der Waals surface area contributed by atoms with Gasteiger partial charge in [0.15, 0.2) is 5.96 Å². The molecule has 0 bridgehead atoms. The van der Waals surface area contributed by atoms with Crippen LogP contribution in [0.4, 0.5) is 0 Å². The molecule has 1 amide bonds. The molecule has 2 rings (SSSR count). The minimum absolute atomic E-state index is 0.147. The second kappa shape index (κ2) is 12.5. The van der Waals surface area contributed by atoms with Gasteiger partial charge in [-0.3, -0.25) is 9.69 Å². The van der Waals surface area contributed by atoms with Crippen LogP contribution in [0.3, 0.4) is 0 Å². The van der Waals surface area contributed by atoms with Crippen molar-refractivity contribution in [2.24, 2.45) is 10.9 Å². The van der Waals surface area contributed by atoms with Gasteiger partial charge in [0.25, 0.3) is 0 Å². The van der Waals surface area contributed by atoms with Gasteiger partial charge in [0.05, 0.1) is 6.54 Å². The Balaban J connectivity index is 1.91. The third-order valence-corrected chi connectivity index (χ3v) is 5.74. The van der Waals surface area contributed by atoms with Crippen LogP contribution in [-0.2, 0) is 17.9 Å². The molecule has 29 heavy (non-hydrogen) atoms. The SMILES string of the molecule is CCNC(=NCc1ccc(CN(CC)CC)cc1)N1CCC(CC(=O)NC)CC1. The molecule has 1 heterocycles. The van der Waals surface area contributed by atoms with Gasteiger partial charge in [-0.1, -0.05) is 38.1 Å². The number of rotatable bonds is 9. The normalized spacial score (nSPS) is 15.6. The Morgan fingerprint density at radius 2 is 1.72 bits per heavy atom. The van der Waals surface area contributed by atoms with Crippen molar-refractivity contribution in [3.8, 4) is 0 Å². The van der Waals surface area contributed by atoms with Crippen molar-refractivity contribution in [2.45, 2.75) is 53.1 Å². The molecule has 0 atom stereocenters. The zero-order valence-corrected chi connectivity index (χ0v) is 18.7. The highest BCUT2D eigenvalue weighted by Gasteiger charge is 2.23. The Hall–Kier alpha value is -2.08. The molecule has 2 N–H and O–H groups in total. The Morgan fingerprint density at radius 3 is 2.28 bits per heavy atom. The predicted molar refractivity (Wildman–Crippen MR) is 121 cm³/mol. The first-order valence-corrected chi connectivity index (χ1v) is 11.1. The average Bonchev–Trinajstić information content (AvgIpc) is 2.76. The lowest BCUT2D eigenvalue weighted by molar-refractivity contribution is -0.121. The zero-order chi connectivity index (χ0) is 21.1. The number of aliphatic imine (C=N–C) groups is 1. The van der Waals surface area contributed by atoms with E-state index >= 15 is 0 Å². The summed E-state index contributed by atoms with van der Waals surface area (Å²) in [6.45, 7) is 13.1. The molecular formula is C23H39N5O. The summed E-state index contributed by atoms with van der Waals surface area (Å²) in [6.07, 6.45) is 2.72. The fourth-order valence-electron chi connectivity index (χ4n) is 3.76. The summed E-state index contributed by atoms with van der Waals surface area (Å²) >= 11 is 0. The molecule has 1 aliphatic rings. The smallest absolute Gasteiger partial charge is 0.220 e. The Morgan fingerprint density at radius 1 is 1.10 bits per heavy atom. The van der Waals surface area contributed by atoms with Crippen molar-refractivity contribution in [3.05, 3.63) is 35.4 Å². The van der Waals surface area contributed by atoms with E-state index in [1.165, 1.54) is 11.1 Å². The van der Waals surface area contributed by atoms with Gasteiger partial charge in [-0.05, 0) is 49.9 Å². The Kier molecular flexibility index (Phi) is 9.98. The molecule has 1 aromatic rings. The van der Waals surface area contributed by atoms with Crippen LogP contribution in [0.5, 0.6) is 0 Å². The predicted octanol–water partition coefficient (Wildman–Crippen LogP) is 2.84. The third-order valence-electron chi connectivity index (χ3n) is 5.74. The lowest BCUT2D eigenvalue weighted by Gasteiger charge is -2.34. The summed E-state index contributed by atoms with van der Waals surface area (Å²) in [5.74, 6) is 1.61. The number of nitrogens with one attached hydrogen (secondary N) is 2. The molecule has 0 aromatic heterocycles. The standard InChI is InChI=1S/C23H39N5O/c1-5-25-23(28-14-12-19(13-15-28)16-22(29)24-4)26-17-20-8-10-21(11-9-20)18-27(6-2)7-3/h8-11,19H,5-7,12-18H2,1-4H3,(H,24,29)(H,25,26). The highest BCUT2D eigenvalue weighted by molar-refractivity contribution is 5.80. The van der Waals surface area contributed by atoms with Gasteiger partial charge in [-0.15, -0.1) is 0 Å². The molecule has 0 saturated carbocycles. The van der Waals surface area contributed by atoms with Gasteiger partial charge in [0, 0.05) is 39.6 Å². The monoisotopic (exact) mass is 401 g/mol. The molecule has 1 saturated heterocycles. The summed E-state index contributed by atoms with van der Waals surface area (Å²) in [4.78, 5) is 21.2. The second-order valence-corrected chi connectivity index (χ2v) is 7.76. The van der Waals surface area contributed by atoms with Crippen LogP contribution in [-0.4, -0.2) is 61.4 Å². The van der Waals surface area contributed by atoms with Crippen LogP contribution in [0.2, 0.25) is 0 Å². The summed E-state index contributed by atoms with van der Waals surface area (Å²) in [5, 5.41) is 6.17. The lowest BCUT2D eigenvalue weighted by Crippen LogP contribution is -2.46. The highest BCUT2D eigenvalue weighted by Crippen LogP contribution is 2.20. The van der Waals surface area contributed by atoms with Crippen LogP contribution in [0.15, 0.2) is 29.3 Å². The zero-order valence-electron chi connectivity index (χ0n) is 18.7. The van der Waals surface area contributed by atoms with E-state index in [1.54, 1.807) is 7.05 Å². The van der Waals surface area contributed by atoms with E-state index in [4.69, 9.17) is 4.99 Å². The number of nitrogens with zero attached hydrogens (tertiary/aromatic N) is 3. The van der Waals surface area contributed by atoms with Gasteiger partial charge in [-0.2, -0.15) is 0 Å². The van der Waals surface area contributed by atoms with E-state index < -0.39 is 0 Å². The van der Waals surface area contributed by atoms with Crippen molar-refractivity contribution in [3.63, 3.8) is 0 Å². The van der Waals surface area contributed by atoms with Crippen LogP contribution in [0.25, 0.3) is 0 Å². The number of amides is 1. The van der Waals surface area contributed by atoms with Crippen molar-refractivity contribution in [1.82, 2.24) is 20.4 Å². The van der Waals surface area contributed by atoms with Crippen LogP contribution in [0, 0.1) is 5.92 Å². The number of piperidine rings is 1. The molecule has 0 aliphatic carbocycles. The molecule has 1 fully saturated rings. The average molecular weight is 402 g/mol. The maximum absolute atomic E-state index is 11.6. The van der Waals surface area contributed by atoms with Crippen LogP contribution in [0.1, 0.15) is 51.2 Å². The number of carbonyl (C=O) groups is 1. The molecule has 0 radical (unpaired) electrons. The minimum Gasteiger partial charge on any atom is -0.359 e. The summed E-state index contributed by atoms with van der Waals surface area (Å²) in [6, 6.07) is 8.84. The molecule has 0 spiro atoms. The van der Waals surface area contributed by atoms with Crippen molar-refractivity contribution < 1.29 is 4.79 Å². The molecule has 6 nitrogen and oxygen atoms in total. The largest absolute Gasteiger partial charge is 0.359 e. The number of hydrogen-bond donors (Lipinski definition) is 2. The molecule has 6 heteroatoms. The first kappa shape index (κ1) is 23.2. The highest BCUT2D eigenvalue weighted by atomic mass is 16.1. The molecule has 1 aromatic carbocycles. The summed E-state index contributed by atoms with van der Waals surface area (Å²) < 4.78 is 0. The van der Waals surface area contributed by atoms with Gasteiger partial charge >= 0.3 is 0 Å². The van der Waals surface area contributed by atoms with E-state index in [1.807, 2.05) is 0 Å². The van der Waals surface area contributed by atoms with Crippen LogP contribution < -0.4 is 10.6 Å². The number of benzene rings is 1. The van der Waals surface area contributed by atoms with E-state index in [0.29, 0.717) is 18.9 Å². The maximum Gasteiger partial charge on any atom is 0.220 e. The topological polar surface area (TPSA) is 60.0 Å². The van der Waals surface area contributed by atoms with E-state index in [-0.39, 0.29) is 5.91 Å². The Bertz CT molecular complexity index is 631. The van der Waals surface area contributed by atoms with Gasteiger partial charge in [0.1, 0.15) is 0 Å². The molecule has 0 unspecified atom stereocenters. The first-order valence-electron chi connectivity index (χ1n) is 11.1. The molecule has 1 aliphatic heterocycles. The quantitative estimate of drug-likeness (QED) is 0.493. The van der Waals surface area contributed by atoms with Crippen molar-refractivity contribution in [2.75, 3.05) is 39.8 Å². The number of carbonyl (C=O) groups excluding carboxylic acids is 1. The molecule has 162 valence electrons. The van der Waals surface area contributed by atoms with Gasteiger partial charge in [0.2, 0.25) is 5.91 Å². The second-order valence-electron chi connectivity index (χ2n) is 7.76. The van der Waals surface area contributed by atoms with Gasteiger partial charge < -0.3 is 15.5 Å². The minimum atomic E-state index is 0.147. The third kappa shape index (κ3) is 7.69. The number of guanidine groups is 1. The maximum atomic E-state index is 11.6. The van der Waals surface area contributed by atoms with Crippen molar-refractivity contribution >= 4 is 11.9 Å². The number of likely N-dealkylation sites (tertiary alicyclic amines) is 1. The Labute approximate surface area is 176 Å². The first-order chi connectivity index (χ1) is 14.1. The number of hydrogen-bond acceptors (Lipinski definition) is 3. The fraction of sp³-hybridized carbons (Fsp3) is 0.652. The molecular weight excluding hydrogens is 362 g/mol. The fourth-order valence-corrected chi connectivity index (χ4v) is 3.76. The van der Waals surface area contributed by atoms with Crippen LogP contribution >= 0.6 is 0 Å². The lowest BCUT2D eigenvalue weighted by atomic mass is 9.93. The van der Waals surface area contributed by atoms with E-state index in [2.05, 4.69) is 65.5 Å². The van der Waals surface area contributed by atoms with Gasteiger partial charge in [-0.25, -0.2) is 4.99 Å². The summed E-state index contributed by atoms with van der Waals surface area (Å²) in [5.41, 5.74) is 2.59. The van der Waals surface area contributed by atoms with Crippen molar-refractivity contribution in [1.29, 1.82) is 0 Å².